The molecule has 0 amide bonds. The van der Waals surface area contributed by atoms with E-state index in [9.17, 15) is 0 Å². The van der Waals surface area contributed by atoms with Gasteiger partial charge in [-0.05, 0) is 48.0 Å². The Morgan fingerprint density at radius 2 is 1.89 bits per heavy atom. The molecule has 8 heteroatoms. The van der Waals surface area contributed by atoms with Crippen LogP contribution in [0.2, 0.25) is 10.0 Å². The maximum Gasteiger partial charge on any atom is 0.160 e. The Morgan fingerprint density at radius 3 is 2.67 bits per heavy atom. The van der Waals surface area contributed by atoms with Gasteiger partial charge in [-0.15, -0.1) is 10.2 Å². The molecular weight excluding hydrogens is 383 g/mol. The molecule has 27 heavy (non-hydrogen) atoms. The molecule has 2 heterocycles. The van der Waals surface area contributed by atoms with Gasteiger partial charge in [0.15, 0.2) is 5.82 Å². The van der Waals surface area contributed by atoms with Gasteiger partial charge >= 0.3 is 0 Å². The number of anilines is 2. The lowest BCUT2D eigenvalue weighted by atomic mass is 10.1. The molecule has 1 saturated heterocycles. The van der Waals surface area contributed by atoms with Crippen molar-refractivity contribution in [3.63, 3.8) is 0 Å². The molecule has 0 aliphatic carbocycles. The summed E-state index contributed by atoms with van der Waals surface area (Å²) < 4.78 is 0. The third-order valence-electron chi connectivity index (χ3n) is 4.80. The molecular formula is C19H20Cl2N6. The quantitative estimate of drug-likeness (QED) is 0.689. The van der Waals surface area contributed by atoms with Gasteiger partial charge in [-0.1, -0.05) is 29.3 Å². The topological polar surface area (TPSA) is 66.0 Å². The largest absolute Gasteiger partial charge is 0.369 e. The standard InChI is InChI=1S/C19H20Cl2N6/c1-12(15-4-2-13(20)10-17(15)21)23-19-16-11-14(27-8-6-22-7-9-27)3-5-18(16)24-26-25-19/h2-5,10-12,22H,6-9H2,1H3,(H,23,24,25). The van der Waals surface area contributed by atoms with Crippen molar-refractivity contribution < 1.29 is 0 Å². The Hall–Kier alpha value is -2.15. The number of hydrogen-bond acceptors (Lipinski definition) is 6. The molecule has 140 valence electrons. The molecule has 1 atom stereocenters. The van der Waals surface area contributed by atoms with Crippen LogP contribution in [0, 0.1) is 0 Å². The second kappa shape index (κ2) is 7.84. The number of benzene rings is 2. The first-order valence-corrected chi connectivity index (χ1v) is 9.68. The van der Waals surface area contributed by atoms with Crippen molar-refractivity contribution >= 4 is 45.6 Å². The Labute approximate surface area is 167 Å². The Kier molecular flexibility index (Phi) is 5.29. The van der Waals surface area contributed by atoms with Gasteiger partial charge in [0.1, 0.15) is 0 Å². The molecule has 0 bridgehead atoms. The second-order valence-electron chi connectivity index (χ2n) is 6.61. The van der Waals surface area contributed by atoms with Crippen LogP contribution in [0.4, 0.5) is 11.5 Å². The summed E-state index contributed by atoms with van der Waals surface area (Å²) in [6, 6.07) is 11.6. The monoisotopic (exact) mass is 402 g/mol. The van der Waals surface area contributed by atoms with E-state index in [0.29, 0.717) is 15.9 Å². The Bertz CT molecular complexity index is 958. The molecule has 2 N–H and O–H groups in total. The van der Waals surface area contributed by atoms with E-state index >= 15 is 0 Å². The van der Waals surface area contributed by atoms with Crippen LogP contribution in [0.1, 0.15) is 18.5 Å². The van der Waals surface area contributed by atoms with Crippen LogP contribution >= 0.6 is 23.2 Å². The maximum atomic E-state index is 6.35. The minimum atomic E-state index is -0.0579. The smallest absolute Gasteiger partial charge is 0.160 e. The van der Waals surface area contributed by atoms with Gasteiger partial charge in [0.05, 0.1) is 11.6 Å². The zero-order chi connectivity index (χ0) is 18.8. The first kappa shape index (κ1) is 18.2. The summed E-state index contributed by atoms with van der Waals surface area (Å²) in [5.74, 6) is 0.690. The summed E-state index contributed by atoms with van der Waals surface area (Å²) >= 11 is 12.4. The number of fused-ring (bicyclic) bond motifs is 1. The van der Waals surface area contributed by atoms with E-state index in [2.05, 4.69) is 43.1 Å². The van der Waals surface area contributed by atoms with Gasteiger partial charge in [-0.2, -0.15) is 0 Å². The van der Waals surface area contributed by atoms with Crippen LogP contribution in [0.5, 0.6) is 0 Å². The molecule has 1 fully saturated rings. The van der Waals surface area contributed by atoms with Crippen LogP contribution in [0.25, 0.3) is 10.9 Å². The fraction of sp³-hybridized carbons (Fsp3) is 0.316. The van der Waals surface area contributed by atoms with Gasteiger partial charge in [0.2, 0.25) is 0 Å². The molecule has 6 nitrogen and oxygen atoms in total. The minimum absolute atomic E-state index is 0.0579. The van der Waals surface area contributed by atoms with Crippen LogP contribution in [-0.2, 0) is 0 Å². The number of nitrogens with one attached hydrogen (secondary N) is 2. The fourth-order valence-electron chi connectivity index (χ4n) is 3.33. The van der Waals surface area contributed by atoms with Crippen molar-refractivity contribution in [2.45, 2.75) is 13.0 Å². The highest BCUT2D eigenvalue weighted by Gasteiger charge is 2.16. The van der Waals surface area contributed by atoms with E-state index < -0.39 is 0 Å². The predicted octanol–water partition coefficient (Wildman–Crippen LogP) is 3.91. The van der Waals surface area contributed by atoms with E-state index in [4.69, 9.17) is 23.2 Å². The highest BCUT2D eigenvalue weighted by atomic mass is 35.5. The summed E-state index contributed by atoms with van der Waals surface area (Å²) in [5, 5.41) is 21.3. The summed E-state index contributed by atoms with van der Waals surface area (Å²) in [4.78, 5) is 2.36. The van der Waals surface area contributed by atoms with Crippen LogP contribution in [0.3, 0.4) is 0 Å². The summed E-state index contributed by atoms with van der Waals surface area (Å²) in [7, 11) is 0. The molecule has 0 radical (unpaired) electrons. The molecule has 2 aromatic carbocycles. The van der Waals surface area contributed by atoms with Crippen LogP contribution < -0.4 is 15.5 Å². The Balaban J connectivity index is 1.66. The van der Waals surface area contributed by atoms with E-state index in [1.807, 2.05) is 25.1 Å². The lowest BCUT2D eigenvalue weighted by Crippen LogP contribution is -2.43. The maximum absolute atomic E-state index is 6.35. The number of aromatic nitrogens is 3. The minimum Gasteiger partial charge on any atom is -0.369 e. The van der Waals surface area contributed by atoms with Gasteiger partial charge in [0, 0.05) is 47.3 Å². The lowest BCUT2D eigenvalue weighted by molar-refractivity contribution is 0.589. The molecule has 1 aliphatic rings. The van der Waals surface area contributed by atoms with Crippen molar-refractivity contribution in [1.29, 1.82) is 0 Å². The zero-order valence-electron chi connectivity index (χ0n) is 14.9. The fourth-order valence-corrected chi connectivity index (χ4v) is 3.90. The first-order chi connectivity index (χ1) is 13.1. The number of nitrogens with zero attached hydrogens (tertiary/aromatic N) is 4. The third-order valence-corrected chi connectivity index (χ3v) is 5.36. The predicted molar refractivity (Wildman–Crippen MR) is 111 cm³/mol. The van der Waals surface area contributed by atoms with E-state index in [1.165, 1.54) is 5.69 Å². The Morgan fingerprint density at radius 1 is 1.07 bits per heavy atom. The van der Waals surface area contributed by atoms with E-state index in [1.54, 1.807) is 6.07 Å². The zero-order valence-corrected chi connectivity index (χ0v) is 16.4. The molecule has 0 saturated carbocycles. The van der Waals surface area contributed by atoms with Crippen LogP contribution in [0.15, 0.2) is 36.4 Å². The normalized spacial score (nSPS) is 15.7. The third kappa shape index (κ3) is 3.93. The van der Waals surface area contributed by atoms with Gasteiger partial charge in [-0.3, -0.25) is 0 Å². The first-order valence-electron chi connectivity index (χ1n) is 8.92. The molecule has 1 aliphatic heterocycles. The number of rotatable bonds is 4. The van der Waals surface area contributed by atoms with Gasteiger partial charge < -0.3 is 15.5 Å². The molecule has 1 aromatic heterocycles. The number of hydrogen-bond donors (Lipinski definition) is 2. The second-order valence-corrected chi connectivity index (χ2v) is 7.45. The summed E-state index contributed by atoms with van der Waals surface area (Å²) in [5.41, 5.74) is 2.92. The van der Waals surface area contributed by atoms with Crippen molar-refractivity contribution in [2.24, 2.45) is 0 Å². The average Bonchev–Trinajstić information content (AvgIpc) is 2.68. The molecule has 3 aromatic rings. The van der Waals surface area contributed by atoms with Crippen molar-refractivity contribution in [2.75, 3.05) is 36.4 Å². The van der Waals surface area contributed by atoms with E-state index in [-0.39, 0.29) is 6.04 Å². The highest BCUT2D eigenvalue weighted by Crippen LogP contribution is 2.31. The molecule has 0 spiro atoms. The van der Waals surface area contributed by atoms with Gasteiger partial charge in [0.25, 0.3) is 0 Å². The van der Waals surface area contributed by atoms with Crippen molar-refractivity contribution in [1.82, 2.24) is 20.7 Å². The number of piperazine rings is 1. The highest BCUT2D eigenvalue weighted by molar-refractivity contribution is 6.35. The lowest BCUT2D eigenvalue weighted by Gasteiger charge is -2.29. The molecule has 1 unspecified atom stereocenters. The average molecular weight is 403 g/mol. The van der Waals surface area contributed by atoms with Crippen molar-refractivity contribution in [3.8, 4) is 0 Å². The van der Waals surface area contributed by atoms with Crippen molar-refractivity contribution in [3.05, 3.63) is 52.0 Å². The van der Waals surface area contributed by atoms with Gasteiger partial charge in [-0.25, -0.2) is 0 Å². The summed E-state index contributed by atoms with van der Waals surface area (Å²) in [6.07, 6.45) is 0. The summed E-state index contributed by atoms with van der Waals surface area (Å²) in [6.45, 7) is 5.97. The SMILES string of the molecule is CC(Nc1nnnc2ccc(N3CCNCC3)cc12)c1ccc(Cl)cc1Cl. The van der Waals surface area contributed by atoms with Crippen LogP contribution in [-0.4, -0.2) is 41.6 Å². The van der Waals surface area contributed by atoms with E-state index in [0.717, 1.165) is 42.6 Å². The molecule has 4 rings (SSSR count). The number of halogens is 2.